The number of hydrogen-bond acceptors (Lipinski definition) is 1. The van der Waals surface area contributed by atoms with Crippen LogP contribution in [0.1, 0.15) is 52.9 Å². The third kappa shape index (κ3) is 3.06. The van der Waals surface area contributed by atoms with E-state index in [0.717, 1.165) is 5.92 Å². The average Bonchev–Trinajstić information content (AvgIpc) is 2.25. The van der Waals surface area contributed by atoms with Crippen molar-refractivity contribution in [2.75, 3.05) is 0 Å². The zero-order valence-electron chi connectivity index (χ0n) is 9.32. The predicted octanol–water partition coefficient (Wildman–Crippen LogP) is 3.47. The molecule has 1 atom stereocenters. The Morgan fingerprint density at radius 1 is 1.46 bits per heavy atom. The smallest absolute Gasteiger partial charge is 0.0320 e. The van der Waals surface area contributed by atoms with Gasteiger partial charge in [0, 0.05) is 17.2 Å². The van der Waals surface area contributed by atoms with Gasteiger partial charge < -0.3 is 5.32 Å². The number of allylic oxidation sites excluding steroid dienone is 1. The monoisotopic (exact) mass is 181 g/mol. The van der Waals surface area contributed by atoms with Gasteiger partial charge in [0.1, 0.15) is 0 Å². The molecule has 0 aromatic heterocycles. The minimum Gasteiger partial charge on any atom is -0.384 e. The molecule has 0 bridgehead atoms. The second-order valence-electron chi connectivity index (χ2n) is 4.93. The van der Waals surface area contributed by atoms with Gasteiger partial charge in [-0.1, -0.05) is 32.8 Å². The third-order valence-corrected chi connectivity index (χ3v) is 2.90. The summed E-state index contributed by atoms with van der Waals surface area (Å²) < 4.78 is 0. The van der Waals surface area contributed by atoms with Crippen molar-refractivity contribution in [3.63, 3.8) is 0 Å². The molecule has 0 aliphatic carbocycles. The molecule has 1 heterocycles. The summed E-state index contributed by atoms with van der Waals surface area (Å²) in [5.41, 5.74) is 1.55. The Kier molecular flexibility index (Phi) is 3.40. The van der Waals surface area contributed by atoms with Gasteiger partial charge >= 0.3 is 0 Å². The van der Waals surface area contributed by atoms with Crippen LogP contribution in [0.4, 0.5) is 0 Å². The molecule has 0 spiro atoms. The maximum atomic E-state index is 4.10. The van der Waals surface area contributed by atoms with Crippen molar-refractivity contribution in [2.24, 2.45) is 5.92 Å². The minimum absolute atomic E-state index is 0.286. The first-order valence-corrected chi connectivity index (χ1v) is 5.52. The molecular weight excluding hydrogens is 158 g/mol. The first-order chi connectivity index (χ1) is 6.05. The van der Waals surface area contributed by atoms with Crippen LogP contribution in [-0.4, -0.2) is 5.54 Å². The third-order valence-electron chi connectivity index (χ3n) is 2.90. The van der Waals surface area contributed by atoms with Gasteiger partial charge in [-0.2, -0.15) is 0 Å². The largest absolute Gasteiger partial charge is 0.384 e. The highest BCUT2D eigenvalue weighted by Crippen LogP contribution is 2.33. The summed E-state index contributed by atoms with van der Waals surface area (Å²) in [5, 5.41) is 3.48. The van der Waals surface area contributed by atoms with Gasteiger partial charge in [-0.05, 0) is 26.7 Å². The topological polar surface area (TPSA) is 12.0 Å². The molecule has 0 aromatic rings. The summed E-state index contributed by atoms with van der Waals surface area (Å²) >= 11 is 0. The molecule has 13 heavy (non-hydrogen) atoms. The van der Waals surface area contributed by atoms with Gasteiger partial charge in [0.25, 0.3) is 0 Å². The van der Waals surface area contributed by atoms with Crippen LogP contribution in [0.5, 0.6) is 0 Å². The number of nitrogens with one attached hydrogen (secondary N) is 1. The van der Waals surface area contributed by atoms with E-state index in [9.17, 15) is 0 Å². The second kappa shape index (κ2) is 4.17. The van der Waals surface area contributed by atoms with Crippen molar-refractivity contribution < 1.29 is 0 Å². The molecule has 1 rings (SSSR count). The Labute approximate surface area is 82.6 Å². The average molecular weight is 181 g/mol. The SMILES string of the molecule is C=C1NC(C)(C)CC1CCCCC. The van der Waals surface area contributed by atoms with Crippen molar-refractivity contribution in [3.05, 3.63) is 12.3 Å². The number of rotatable bonds is 4. The van der Waals surface area contributed by atoms with Crippen LogP contribution in [0.15, 0.2) is 12.3 Å². The van der Waals surface area contributed by atoms with E-state index in [1.807, 2.05) is 0 Å². The molecule has 0 radical (unpaired) electrons. The predicted molar refractivity (Wildman–Crippen MR) is 58.6 cm³/mol. The lowest BCUT2D eigenvalue weighted by Crippen LogP contribution is -2.30. The van der Waals surface area contributed by atoms with Crippen molar-refractivity contribution >= 4 is 0 Å². The van der Waals surface area contributed by atoms with E-state index in [1.165, 1.54) is 37.8 Å². The van der Waals surface area contributed by atoms with E-state index in [0.29, 0.717) is 0 Å². The Hall–Kier alpha value is -0.460. The fourth-order valence-corrected chi connectivity index (χ4v) is 2.24. The first-order valence-electron chi connectivity index (χ1n) is 5.52. The molecule has 1 heteroatoms. The summed E-state index contributed by atoms with van der Waals surface area (Å²) in [6, 6.07) is 0. The maximum absolute atomic E-state index is 4.10. The summed E-state index contributed by atoms with van der Waals surface area (Å²) in [5.74, 6) is 0.724. The zero-order valence-corrected chi connectivity index (χ0v) is 9.32. The van der Waals surface area contributed by atoms with Crippen molar-refractivity contribution in [1.82, 2.24) is 5.32 Å². The molecule has 1 aliphatic heterocycles. The zero-order chi connectivity index (χ0) is 9.90. The molecule has 1 aliphatic rings. The molecule has 1 saturated heterocycles. The van der Waals surface area contributed by atoms with E-state index in [4.69, 9.17) is 0 Å². The Bertz CT molecular complexity index is 182. The van der Waals surface area contributed by atoms with Crippen LogP contribution in [-0.2, 0) is 0 Å². The highest BCUT2D eigenvalue weighted by molar-refractivity contribution is 5.11. The quantitative estimate of drug-likeness (QED) is 0.655. The fraction of sp³-hybridized carbons (Fsp3) is 0.833. The summed E-state index contributed by atoms with van der Waals surface area (Å²) in [6.07, 6.45) is 6.62. The van der Waals surface area contributed by atoms with E-state index in [1.54, 1.807) is 0 Å². The lowest BCUT2D eigenvalue weighted by molar-refractivity contribution is 0.425. The first kappa shape index (κ1) is 10.6. The van der Waals surface area contributed by atoms with Crippen LogP contribution >= 0.6 is 0 Å². The van der Waals surface area contributed by atoms with Gasteiger partial charge in [-0.25, -0.2) is 0 Å². The molecular formula is C12H23N. The lowest BCUT2D eigenvalue weighted by atomic mass is 9.92. The highest BCUT2D eigenvalue weighted by atomic mass is 15.0. The van der Waals surface area contributed by atoms with E-state index >= 15 is 0 Å². The molecule has 0 aromatic carbocycles. The van der Waals surface area contributed by atoms with Crippen LogP contribution in [0, 0.1) is 5.92 Å². The number of hydrogen-bond donors (Lipinski definition) is 1. The Morgan fingerprint density at radius 2 is 2.15 bits per heavy atom. The molecule has 76 valence electrons. The molecule has 1 nitrogen and oxygen atoms in total. The Morgan fingerprint density at radius 3 is 2.62 bits per heavy atom. The van der Waals surface area contributed by atoms with Crippen LogP contribution < -0.4 is 5.32 Å². The minimum atomic E-state index is 0.286. The molecule has 0 amide bonds. The lowest BCUT2D eigenvalue weighted by Gasteiger charge is -2.17. The molecule has 1 N–H and O–H groups in total. The van der Waals surface area contributed by atoms with Crippen LogP contribution in [0.25, 0.3) is 0 Å². The van der Waals surface area contributed by atoms with Crippen molar-refractivity contribution in [2.45, 2.75) is 58.4 Å². The standard InChI is InChI=1S/C12H23N/c1-5-6-7-8-11-9-12(3,4)13-10(11)2/h11,13H,2,5-9H2,1,3-4H3. The number of unbranched alkanes of at least 4 members (excludes halogenated alkanes) is 2. The molecule has 0 saturated carbocycles. The van der Waals surface area contributed by atoms with Gasteiger partial charge in [-0.3, -0.25) is 0 Å². The summed E-state index contributed by atoms with van der Waals surface area (Å²) in [6.45, 7) is 10.9. The Balaban J connectivity index is 2.31. The van der Waals surface area contributed by atoms with Gasteiger partial charge in [0.2, 0.25) is 0 Å². The van der Waals surface area contributed by atoms with E-state index < -0.39 is 0 Å². The van der Waals surface area contributed by atoms with Crippen molar-refractivity contribution in [1.29, 1.82) is 0 Å². The van der Waals surface area contributed by atoms with Crippen LogP contribution in [0.2, 0.25) is 0 Å². The second-order valence-corrected chi connectivity index (χ2v) is 4.93. The molecule has 1 fully saturated rings. The normalized spacial score (nSPS) is 26.1. The fourth-order valence-electron chi connectivity index (χ4n) is 2.24. The van der Waals surface area contributed by atoms with Gasteiger partial charge in [0.05, 0.1) is 0 Å². The van der Waals surface area contributed by atoms with Gasteiger partial charge in [-0.15, -0.1) is 0 Å². The molecule has 1 unspecified atom stereocenters. The maximum Gasteiger partial charge on any atom is 0.0320 e. The highest BCUT2D eigenvalue weighted by Gasteiger charge is 2.32. The van der Waals surface area contributed by atoms with Crippen molar-refractivity contribution in [3.8, 4) is 0 Å². The summed E-state index contributed by atoms with van der Waals surface area (Å²) in [7, 11) is 0. The van der Waals surface area contributed by atoms with Crippen LogP contribution in [0.3, 0.4) is 0 Å². The summed E-state index contributed by atoms with van der Waals surface area (Å²) in [4.78, 5) is 0. The van der Waals surface area contributed by atoms with E-state index in [-0.39, 0.29) is 5.54 Å². The van der Waals surface area contributed by atoms with Gasteiger partial charge in [0.15, 0.2) is 0 Å². The van der Waals surface area contributed by atoms with E-state index in [2.05, 4.69) is 32.7 Å².